The third-order valence-corrected chi connectivity index (χ3v) is 4.05. The van der Waals surface area contributed by atoms with E-state index >= 15 is 0 Å². The van der Waals surface area contributed by atoms with Gasteiger partial charge in [0.1, 0.15) is 5.25 Å². The molecule has 1 amide bonds. The zero-order valence-electron chi connectivity index (χ0n) is 8.03. The van der Waals surface area contributed by atoms with Crippen LogP contribution in [0.2, 0.25) is 0 Å². The lowest BCUT2D eigenvalue weighted by Crippen LogP contribution is -2.33. The van der Waals surface area contributed by atoms with Gasteiger partial charge in [-0.25, -0.2) is 0 Å². The Kier molecular flexibility index (Phi) is 3.44. The Labute approximate surface area is 80.9 Å². The van der Waals surface area contributed by atoms with Gasteiger partial charge in [-0.05, 0) is 13.3 Å². The van der Waals surface area contributed by atoms with Crippen molar-refractivity contribution in [1.29, 1.82) is 0 Å². The molecule has 4 nitrogen and oxygen atoms in total. The van der Waals surface area contributed by atoms with Gasteiger partial charge < -0.3 is 10.6 Å². The number of likely N-dealkylation sites (tertiary alicyclic amines) is 1. The molecule has 3 atom stereocenters. The standard InChI is InChI=1S/C8H16N2O2S/c1-6(9)5-13(12)7-3-4-10(2)8(7)11/h6-7H,3-5,9H2,1-2H3. The number of carbonyl (C=O) groups excluding carboxylic acids is 1. The number of hydrogen-bond acceptors (Lipinski definition) is 3. The average molecular weight is 204 g/mol. The normalized spacial score (nSPS) is 27.8. The molecule has 13 heavy (non-hydrogen) atoms. The quantitative estimate of drug-likeness (QED) is 0.662. The van der Waals surface area contributed by atoms with Gasteiger partial charge in [-0.2, -0.15) is 0 Å². The molecule has 0 saturated carbocycles. The lowest BCUT2D eigenvalue weighted by molar-refractivity contribution is -0.126. The van der Waals surface area contributed by atoms with Crippen molar-refractivity contribution in [2.45, 2.75) is 24.6 Å². The van der Waals surface area contributed by atoms with E-state index in [1.807, 2.05) is 0 Å². The molecule has 0 aromatic rings. The third kappa shape index (κ3) is 2.51. The lowest BCUT2D eigenvalue weighted by atomic mass is 10.4. The molecule has 0 aromatic carbocycles. The Bertz CT molecular complexity index is 230. The highest BCUT2D eigenvalue weighted by Gasteiger charge is 2.33. The largest absolute Gasteiger partial charge is 0.345 e. The summed E-state index contributed by atoms with van der Waals surface area (Å²) in [6.45, 7) is 2.52. The minimum absolute atomic E-state index is 0.000941. The molecule has 1 rings (SSSR count). The van der Waals surface area contributed by atoms with Crippen LogP contribution in [0.3, 0.4) is 0 Å². The fourth-order valence-corrected chi connectivity index (χ4v) is 2.93. The van der Waals surface area contributed by atoms with Crippen molar-refractivity contribution >= 4 is 16.7 Å². The minimum Gasteiger partial charge on any atom is -0.345 e. The van der Waals surface area contributed by atoms with Crippen LogP contribution in [-0.4, -0.2) is 45.7 Å². The predicted molar refractivity (Wildman–Crippen MR) is 52.7 cm³/mol. The number of nitrogens with two attached hydrogens (primary N) is 1. The van der Waals surface area contributed by atoms with Crippen LogP contribution in [0, 0.1) is 0 Å². The van der Waals surface area contributed by atoms with Crippen molar-refractivity contribution in [3.63, 3.8) is 0 Å². The predicted octanol–water partition coefficient (Wildman–Crippen LogP) is -0.687. The van der Waals surface area contributed by atoms with Crippen molar-refractivity contribution in [3.8, 4) is 0 Å². The molecule has 0 bridgehead atoms. The molecule has 3 unspecified atom stereocenters. The first-order chi connectivity index (χ1) is 6.02. The van der Waals surface area contributed by atoms with E-state index in [9.17, 15) is 9.00 Å². The van der Waals surface area contributed by atoms with Crippen LogP contribution >= 0.6 is 0 Å². The Morgan fingerprint density at radius 3 is 2.77 bits per heavy atom. The molecule has 0 spiro atoms. The zero-order valence-corrected chi connectivity index (χ0v) is 8.84. The summed E-state index contributed by atoms with van der Waals surface area (Å²) in [6, 6.07) is -0.0976. The van der Waals surface area contributed by atoms with Crippen LogP contribution in [0.5, 0.6) is 0 Å². The SMILES string of the molecule is CC(N)CS(=O)C1CCN(C)C1=O. The van der Waals surface area contributed by atoms with Gasteiger partial charge in [0.25, 0.3) is 0 Å². The van der Waals surface area contributed by atoms with Gasteiger partial charge in [0.2, 0.25) is 5.91 Å². The molecule has 76 valence electrons. The maximum atomic E-state index is 11.6. The Hall–Kier alpha value is -0.420. The molecule has 0 aromatic heterocycles. The van der Waals surface area contributed by atoms with E-state index in [0.717, 1.165) is 0 Å². The highest BCUT2D eigenvalue weighted by molar-refractivity contribution is 7.86. The third-order valence-electron chi connectivity index (χ3n) is 2.12. The van der Waals surface area contributed by atoms with E-state index < -0.39 is 10.8 Å². The smallest absolute Gasteiger partial charge is 0.238 e. The fraction of sp³-hybridized carbons (Fsp3) is 0.875. The van der Waals surface area contributed by atoms with Gasteiger partial charge in [0.15, 0.2) is 0 Å². The molecule has 1 heterocycles. The first kappa shape index (κ1) is 10.7. The van der Waals surface area contributed by atoms with E-state index in [-0.39, 0.29) is 17.2 Å². The molecule has 0 radical (unpaired) electrons. The molecule has 1 aliphatic rings. The first-order valence-corrected chi connectivity index (χ1v) is 5.78. The van der Waals surface area contributed by atoms with Crippen LogP contribution in [0.15, 0.2) is 0 Å². The Morgan fingerprint density at radius 1 is 1.77 bits per heavy atom. The zero-order chi connectivity index (χ0) is 10.0. The van der Waals surface area contributed by atoms with E-state index in [2.05, 4.69) is 0 Å². The van der Waals surface area contributed by atoms with Crippen LogP contribution in [0.25, 0.3) is 0 Å². The maximum Gasteiger partial charge on any atom is 0.238 e. The van der Waals surface area contributed by atoms with Crippen molar-refractivity contribution in [2.75, 3.05) is 19.3 Å². The molecule has 1 aliphatic heterocycles. The maximum absolute atomic E-state index is 11.6. The number of amides is 1. The number of hydrogen-bond donors (Lipinski definition) is 1. The van der Waals surface area contributed by atoms with Gasteiger partial charge in [-0.15, -0.1) is 0 Å². The first-order valence-electron chi connectivity index (χ1n) is 4.40. The van der Waals surface area contributed by atoms with Crippen LogP contribution in [0.1, 0.15) is 13.3 Å². The van der Waals surface area contributed by atoms with Gasteiger partial charge in [-0.3, -0.25) is 9.00 Å². The minimum atomic E-state index is -1.09. The Morgan fingerprint density at radius 2 is 2.38 bits per heavy atom. The average Bonchev–Trinajstić information content (AvgIpc) is 2.31. The summed E-state index contributed by atoms with van der Waals surface area (Å²) in [5, 5.41) is -0.309. The number of carbonyl (C=O) groups is 1. The van der Waals surface area contributed by atoms with Crippen molar-refractivity contribution in [3.05, 3.63) is 0 Å². The monoisotopic (exact) mass is 204 g/mol. The van der Waals surface area contributed by atoms with Crippen LogP contribution in [-0.2, 0) is 15.6 Å². The molecule has 1 fully saturated rings. The summed E-state index contributed by atoms with van der Waals surface area (Å²) in [4.78, 5) is 13.0. The summed E-state index contributed by atoms with van der Waals surface area (Å²) in [5.41, 5.74) is 5.52. The Balaban J connectivity index is 2.53. The van der Waals surface area contributed by atoms with Crippen LogP contribution < -0.4 is 5.73 Å². The molecular formula is C8H16N2O2S. The fourth-order valence-electron chi connectivity index (χ4n) is 1.41. The molecular weight excluding hydrogens is 188 g/mol. The summed E-state index contributed by atoms with van der Waals surface area (Å²) < 4.78 is 11.6. The molecule has 5 heteroatoms. The summed E-state index contributed by atoms with van der Waals surface area (Å²) in [6.07, 6.45) is 0.703. The highest BCUT2D eigenvalue weighted by atomic mass is 32.2. The second kappa shape index (κ2) is 4.19. The van der Waals surface area contributed by atoms with E-state index in [1.54, 1.807) is 18.9 Å². The van der Waals surface area contributed by atoms with Gasteiger partial charge in [0, 0.05) is 36.2 Å². The number of nitrogens with zero attached hydrogens (tertiary/aromatic N) is 1. The van der Waals surface area contributed by atoms with Crippen molar-refractivity contribution in [1.82, 2.24) is 4.90 Å². The van der Waals surface area contributed by atoms with Gasteiger partial charge in [-0.1, -0.05) is 0 Å². The summed E-state index contributed by atoms with van der Waals surface area (Å²) in [7, 11) is 0.649. The summed E-state index contributed by atoms with van der Waals surface area (Å²) >= 11 is 0. The molecule has 0 aliphatic carbocycles. The van der Waals surface area contributed by atoms with E-state index in [0.29, 0.717) is 18.7 Å². The second-order valence-corrected chi connectivity index (χ2v) is 5.23. The number of rotatable bonds is 3. The lowest BCUT2D eigenvalue weighted by Gasteiger charge is -2.11. The summed E-state index contributed by atoms with van der Waals surface area (Å²) in [5.74, 6) is 0.420. The van der Waals surface area contributed by atoms with Crippen LogP contribution in [0.4, 0.5) is 0 Å². The van der Waals surface area contributed by atoms with Crippen molar-refractivity contribution in [2.24, 2.45) is 5.73 Å². The van der Waals surface area contributed by atoms with Gasteiger partial charge in [0.05, 0.1) is 0 Å². The highest BCUT2D eigenvalue weighted by Crippen LogP contribution is 2.15. The second-order valence-electron chi connectivity index (χ2n) is 3.56. The van der Waals surface area contributed by atoms with Crippen molar-refractivity contribution < 1.29 is 9.00 Å². The molecule has 1 saturated heterocycles. The van der Waals surface area contributed by atoms with Gasteiger partial charge >= 0.3 is 0 Å². The van der Waals surface area contributed by atoms with E-state index in [4.69, 9.17) is 5.73 Å². The van der Waals surface area contributed by atoms with E-state index in [1.165, 1.54) is 0 Å². The molecule has 2 N–H and O–H groups in total. The topological polar surface area (TPSA) is 63.4 Å².